The highest BCUT2D eigenvalue weighted by atomic mass is 16.4. The summed E-state index contributed by atoms with van der Waals surface area (Å²) in [6, 6.07) is 5.64. The van der Waals surface area contributed by atoms with E-state index in [0.717, 1.165) is 5.56 Å². The Hall–Kier alpha value is -2.68. The second kappa shape index (κ2) is 5.78. The molecule has 2 rings (SSSR count). The zero-order valence-electron chi connectivity index (χ0n) is 10.7. The first-order chi connectivity index (χ1) is 9.20. The van der Waals surface area contributed by atoms with E-state index in [9.17, 15) is 0 Å². The van der Waals surface area contributed by atoms with Gasteiger partial charge in [-0.3, -0.25) is 4.98 Å². The average Bonchev–Trinajstić information content (AvgIpc) is 2.83. The Morgan fingerprint density at radius 3 is 3.00 bits per heavy atom. The van der Waals surface area contributed by atoms with E-state index < -0.39 is 0 Å². The molecular formula is C13H13N5O. The fourth-order valence-corrected chi connectivity index (χ4v) is 1.35. The molecule has 19 heavy (non-hydrogen) atoms. The number of anilines is 1. The van der Waals surface area contributed by atoms with Gasteiger partial charge in [0.05, 0.1) is 6.21 Å². The minimum Gasteiger partial charge on any atom is -0.422 e. The molecule has 2 heterocycles. The Bertz CT molecular complexity index is 610. The Balaban J connectivity index is 2.11. The van der Waals surface area contributed by atoms with E-state index in [1.807, 2.05) is 32.0 Å². The van der Waals surface area contributed by atoms with Crippen LogP contribution in [-0.4, -0.2) is 16.2 Å². The number of hydrogen-bond donors (Lipinski definition) is 1. The lowest BCUT2D eigenvalue weighted by atomic mass is 10.2. The predicted molar refractivity (Wildman–Crippen MR) is 70.8 cm³/mol. The van der Waals surface area contributed by atoms with Gasteiger partial charge in [0.25, 0.3) is 5.88 Å². The van der Waals surface area contributed by atoms with Crippen LogP contribution in [0.15, 0.2) is 34.0 Å². The molecule has 6 nitrogen and oxygen atoms in total. The van der Waals surface area contributed by atoms with Crippen LogP contribution in [-0.2, 0) is 0 Å². The maximum absolute atomic E-state index is 8.96. The number of oxazole rings is 1. The van der Waals surface area contributed by atoms with Crippen LogP contribution in [0.1, 0.15) is 36.9 Å². The maximum Gasteiger partial charge on any atom is 0.252 e. The van der Waals surface area contributed by atoms with Crippen LogP contribution in [0.4, 0.5) is 5.88 Å². The molecule has 0 aliphatic heterocycles. The molecule has 1 N–H and O–H groups in total. The Morgan fingerprint density at radius 1 is 1.53 bits per heavy atom. The molecule has 0 aliphatic carbocycles. The summed E-state index contributed by atoms with van der Waals surface area (Å²) < 4.78 is 5.43. The number of nitrogens with one attached hydrogen (secondary N) is 1. The Kier molecular flexibility index (Phi) is 3.88. The zero-order chi connectivity index (χ0) is 13.7. The molecule has 0 aliphatic rings. The Morgan fingerprint density at radius 2 is 2.37 bits per heavy atom. The van der Waals surface area contributed by atoms with Crippen LogP contribution in [0.2, 0.25) is 0 Å². The maximum atomic E-state index is 8.96. The lowest BCUT2D eigenvalue weighted by Gasteiger charge is -1.96. The predicted octanol–water partition coefficient (Wildman–Crippen LogP) is 2.51. The minimum atomic E-state index is 0.116. The summed E-state index contributed by atoms with van der Waals surface area (Å²) >= 11 is 0. The van der Waals surface area contributed by atoms with Crippen molar-refractivity contribution in [1.82, 2.24) is 9.97 Å². The van der Waals surface area contributed by atoms with Crippen LogP contribution in [0.5, 0.6) is 0 Å². The van der Waals surface area contributed by atoms with Crippen molar-refractivity contribution in [3.8, 4) is 6.07 Å². The molecule has 0 atom stereocenters. The highest BCUT2D eigenvalue weighted by molar-refractivity contribution is 5.79. The summed E-state index contributed by atoms with van der Waals surface area (Å²) in [6.07, 6.45) is 4.95. The van der Waals surface area contributed by atoms with E-state index in [2.05, 4.69) is 20.5 Å². The number of nitriles is 1. The van der Waals surface area contributed by atoms with Crippen LogP contribution in [0.3, 0.4) is 0 Å². The lowest BCUT2D eigenvalue weighted by molar-refractivity contribution is 0.481. The third kappa shape index (κ3) is 3.16. The third-order valence-electron chi connectivity index (χ3n) is 2.31. The number of aromatic nitrogens is 2. The molecule has 2 aromatic rings. The van der Waals surface area contributed by atoms with Crippen molar-refractivity contribution in [2.75, 3.05) is 5.43 Å². The van der Waals surface area contributed by atoms with Gasteiger partial charge in [0.1, 0.15) is 6.07 Å². The third-order valence-corrected chi connectivity index (χ3v) is 2.31. The first-order valence-electron chi connectivity index (χ1n) is 5.80. The smallest absolute Gasteiger partial charge is 0.252 e. The summed E-state index contributed by atoms with van der Waals surface area (Å²) in [5.74, 6) is 0.881. The van der Waals surface area contributed by atoms with Crippen molar-refractivity contribution in [2.45, 2.75) is 19.8 Å². The van der Waals surface area contributed by atoms with Crippen molar-refractivity contribution >= 4 is 12.1 Å². The van der Waals surface area contributed by atoms with Crippen LogP contribution < -0.4 is 5.43 Å². The standard InChI is InChI=1S/C13H13N5O/c1-9(2)12-17-11(6-14)13(19-12)18-16-8-10-4-3-5-15-7-10/h3-5,7-9,18H,1-2H3/b16-8+. The molecule has 2 aromatic heterocycles. The number of pyridine rings is 1. The van der Waals surface area contributed by atoms with Crippen LogP contribution >= 0.6 is 0 Å². The normalized spacial score (nSPS) is 10.8. The quantitative estimate of drug-likeness (QED) is 0.670. The summed E-state index contributed by atoms with van der Waals surface area (Å²) in [5.41, 5.74) is 3.72. The summed E-state index contributed by atoms with van der Waals surface area (Å²) in [5, 5.41) is 12.9. The minimum absolute atomic E-state index is 0.116. The van der Waals surface area contributed by atoms with Crippen molar-refractivity contribution in [3.05, 3.63) is 41.7 Å². The molecule has 0 fully saturated rings. The van der Waals surface area contributed by atoms with Gasteiger partial charge in [-0.15, -0.1) is 0 Å². The van der Waals surface area contributed by atoms with Gasteiger partial charge in [-0.25, -0.2) is 10.4 Å². The molecular weight excluding hydrogens is 242 g/mol. The van der Waals surface area contributed by atoms with Crippen molar-refractivity contribution in [2.24, 2.45) is 5.10 Å². The summed E-state index contributed by atoms with van der Waals surface area (Å²) in [4.78, 5) is 8.04. The molecule has 0 radical (unpaired) electrons. The van der Waals surface area contributed by atoms with Gasteiger partial charge >= 0.3 is 0 Å². The fraction of sp³-hybridized carbons (Fsp3) is 0.231. The SMILES string of the molecule is CC(C)c1nc(C#N)c(N/N=C/c2cccnc2)o1. The van der Waals surface area contributed by atoms with Crippen LogP contribution in [0, 0.1) is 11.3 Å². The average molecular weight is 255 g/mol. The first kappa shape index (κ1) is 12.8. The number of hydrazone groups is 1. The molecule has 0 saturated carbocycles. The molecule has 0 bridgehead atoms. The van der Waals surface area contributed by atoms with E-state index in [-0.39, 0.29) is 17.5 Å². The molecule has 0 spiro atoms. The molecule has 0 aromatic carbocycles. The summed E-state index contributed by atoms with van der Waals surface area (Å²) in [7, 11) is 0. The first-order valence-corrected chi connectivity index (χ1v) is 5.80. The lowest BCUT2D eigenvalue weighted by Crippen LogP contribution is -1.91. The second-order valence-electron chi connectivity index (χ2n) is 4.15. The van der Waals surface area contributed by atoms with Gasteiger partial charge in [-0.2, -0.15) is 10.4 Å². The van der Waals surface area contributed by atoms with E-state index >= 15 is 0 Å². The summed E-state index contributed by atoms with van der Waals surface area (Å²) in [6.45, 7) is 3.88. The number of rotatable bonds is 4. The highest BCUT2D eigenvalue weighted by Crippen LogP contribution is 2.21. The second-order valence-corrected chi connectivity index (χ2v) is 4.15. The van der Waals surface area contributed by atoms with Gasteiger partial charge in [0.2, 0.25) is 11.6 Å². The largest absolute Gasteiger partial charge is 0.422 e. The van der Waals surface area contributed by atoms with Crippen LogP contribution in [0.25, 0.3) is 0 Å². The fourth-order valence-electron chi connectivity index (χ4n) is 1.35. The number of nitrogens with zero attached hydrogens (tertiary/aromatic N) is 4. The van der Waals surface area contributed by atoms with E-state index in [1.54, 1.807) is 18.6 Å². The van der Waals surface area contributed by atoms with Gasteiger partial charge in [0, 0.05) is 23.9 Å². The molecule has 6 heteroatoms. The monoisotopic (exact) mass is 255 g/mol. The van der Waals surface area contributed by atoms with Crippen molar-refractivity contribution < 1.29 is 4.42 Å². The molecule has 0 amide bonds. The van der Waals surface area contributed by atoms with Crippen molar-refractivity contribution in [1.29, 1.82) is 5.26 Å². The van der Waals surface area contributed by atoms with E-state index in [1.165, 1.54) is 0 Å². The van der Waals surface area contributed by atoms with E-state index in [0.29, 0.717) is 5.89 Å². The van der Waals surface area contributed by atoms with Gasteiger partial charge in [0.15, 0.2) is 0 Å². The molecule has 0 unspecified atom stereocenters. The molecule has 96 valence electrons. The van der Waals surface area contributed by atoms with E-state index in [4.69, 9.17) is 9.68 Å². The van der Waals surface area contributed by atoms with Gasteiger partial charge < -0.3 is 4.42 Å². The number of hydrogen-bond acceptors (Lipinski definition) is 6. The topological polar surface area (TPSA) is 87.1 Å². The Labute approximate surface area is 110 Å². The van der Waals surface area contributed by atoms with Crippen molar-refractivity contribution in [3.63, 3.8) is 0 Å². The molecule has 0 saturated heterocycles. The zero-order valence-corrected chi connectivity index (χ0v) is 10.7. The highest BCUT2D eigenvalue weighted by Gasteiger charge is 2.14. The van der Waals surface area contributed by atoms with Gasteiger partial charge in [-0.05, 0) is 6.07 Å². The van der Waals surface area contributed by atoms with Gasteiger partial charge in [-0.1, -0.05) is 19.9 Å².